The summed E-state index contributed by atoms with van der Waals surface area (Å²) in [7, 11) is 0. The Hall–Kier alpha value is -5.84. The van der Waals surface area contributed by atoms with Gasteiger partial charge < -0.3 is 31.2 Å². The fourth-order valence-electron chi connectivity index (χ4n) is 10.9. The predicted octanol–water partition coefficient (Wildman–Crippen LogP) is 13.1. The largest absolute Gasteiger partial charge is 0.426 e. The Morgan fingerprint density at radius 2 is 0.849 bits per heavy atom. The summed E-state index contributed by atoms with van der Waals surface area (Å²) in [6, 6.07) is 27.4. The summed E-state index contributed by atoms with van der Waals surface area (Å²) in [5.74, 6) is 0.0922. The van der Waals surface area contributed by atoms with Gasteiger partial charge in [-0.25, -0.2) is 0 Å². The van der Waals surface area contributed by atoms with E-state index in [9.17, 15) is 29.4 Å². The molecule has 2 aliphatic carbocycles. The van der Waals surface area contributed by atoms with Gasteiger partial charge >= 0.3 is 11.9 Å². The van der Waals surface area contributed by atoms with Gasteiger partial charge in [0.2, 0.25) is 0 Å². The lowest BCUT2D eigenvalue weighted by Gasteiger charge is -2.40. The lowest BCUT2D eigenvalue weighted by Crippen LogP contribution is -2.54. The van der Waals surface area contributed by atoms with Crippen LogP contribution in [-0.2, 0) is 32.0 Å². The summed E-state index contributed by atoms with van der Waals surface area (Å²) in [6.45, 7) is 4.46. The van der Waals surface area contributed by atoms with Crippen LogP contribution < -0.4 is 20.9 Å². The third-order valence-corrected chi connectivity index (χ3v) is 15.5. The fourth-order valence-corrected chi connectivity index (χ4v) is 10.9. The number of esters is 2. The summed E-state index contributed by atoms with van der Waals surface area (Å²) in [5.41, 5.74) is 13.8. The van der Waals surface area contributed by atoms with E-state index in [1.807, 2.05) is 0 Å². The topological polar surface area (TPSA) is 179 Å². The number of rotatable bonds is 28. The van der Waals surface area contributed by atoms with Crippen molar-refractivity contribution in [3.05, 3.63) is 131 Å². The van der Waals surface area contributed by atoms with Crippen molar-refractivity contribution in [2.75, 3.05) is 11.5 Å². The number of hydrogen-bond donors (Lipinski definition) is 4. The summed E-state index contributed by atoms with van der Waals surface area (Å²) in [4.78, 5) is 54.7. The zero-order valence-electron chi connectivity index (χ0n) is 43.6. The normalized spacial score (nSPS) is 19.1. The highest BCUT2D eigenvalue weighted by atomic mass is 16.5. The molecule has 4 aromatic carbocycles. The molecular weight excluding hydrogens is 913 g/mol. The molecular formula is C63H82N2O8. The molecule has 0 bridgehead atoms. The number of carbonyl (C=O) groups excluding carboxylic acids is 4. The molecule has 2 aliphatic rings. The van der Waals surface area contributed by atoms with Gasteiger partial charge in [-0.15, -0.1) is 0 Å². The highest BCUT2D eigenvalue weighted by Crippen LogP contribution is 2.39. The molecule has 10 heteroatoms. The lowest BCUT2D eigenvalue weighted by atomic mass is 9.66. The van der Waals surface area contributed by atoms with Gasteiger partial charge in [-0.2, -0.15) is 0 Å². The van der Waals surface area contributed by atoms with E-state index in [0.29, 0.717) is 57.0 Å². The molecule has 0 radical (unpaired) electrons. The van der Waals surface area contributed by atoms with E-state index in [2.05, 4.69) is 13.8 Å². The summed E-state index contributed by atoms with van der Waals surface area (Å²) >= 11 is 0. The van der Waals surface area contributed by atoms with Crippen LogP contribution in [0.3, 0.4) is 0 Å². The number of carbonyl (C=O) groups is 4. The average Bonchev–Trinajstić information content (AvgIpc) is 3.41. The Morgan fingerprint density at radius 3 is 1.19 bits per heavy atom. The first-order valence-corrected chi connectivity index (χ1v) is 27.5. The van der Waals surface area contributed by atoms with E-state index in [4.69, 9.17) is 20.9 Å². The third-order valence-electron chi connectivity index (χ3n) is 15.5. The Morgan fingerprint density at radius 1 is 0.507 bits per heavy atom. The molecule has 0 heterocycles. The molecule has 73 heavy (non-hydrogen) atoms. The second-order valence-corrected chi connectivity index (χ2v) is 21.2. The van der Waals surface area contributed by atoms with Crippen molar-refractivity contribution >= 4 is 47.0 Å². The molecule has 2 unspecified atom stereocenters. The maximum absolute atomic E-state index is 14.2. The van der Waals surface area contributed by atoms with Crippen LogP contribution >= 0.6 is 0 Å². The van der Waals surface area contributed by atoms with Crippen molar-refractivity contribution in [2.24, 2.45) is 29.1 Å². The van der Waals surface area contributed by atoms with Crippen LogP contribution in [0.5, 0.6) is 11.5 Å². The van der Waals surface area contributed by atoms with Crippen molar-refractivity contribution in [3.8, 4) is 11.5 Å². The quantitative estimate of drug-likeness (QED) is 0.0141. The summed E-state index contributed by atoms with van der Waals surface area (Å²) < 4.78 is 11.6. The Kier molecular flexibility index (Phi) is 22.5. The molecule has 0 aliphatic heterocycles. The van der Waals surface area contributed by atoms with Crippen LogP contribution in [0.1, 0.15) is 165 Å². The number of anilines is 2. The molecule has 6 rings (SSSR count). The van der Waals surface area contributed by atoms with Gasteiger partial charge in [-0.3, -0.25) is 19.2 Å². The number of ketones is 2. The van der Waals surface area contributed by atoms with Gasteiger partial charge in [0.15, 0.2) is 11.6 Å². The molecule has 2 atom stereocenters. The van der Waals surface area contributed by atoms with Gasteiger partial charge in [0.05, 0.1) is 11.8 Å². The number of aliphatic hydroxyl groups excluding tert-OH is 2. The van der Waals surface area contributed by atoms with Crippen molar-refractivity contribution in [2.45, 2.75) is 167 Å². The smallest absolute Gasteiger partial charge is 0.314 e. The molecule has 0 saturated heterocycles. The Balaban J connectivity index is 1.11. The second-order valence-electron chi connectivity index (χ2n) is 21.2. The van der Waals surface area contributed by atoms with Crippen molar-refractivity contribution in [1.82, 2.24) is 0 Å². The second kappa shape index (κ2) is 29.2. The first-order valence-electron chi connectivity index (χ1n) is 27.5. The third kappa shape index (κ3) is 17.7. The number of ether oxygens (including phenoxy) is 2. The molecule has 0 aromatic heterocycles. The highest BCUT2D eigenvalue weighted by molar-refractivity contribution is 6.01. The SMILES string of the molecule is CCCCCCCC1CCC(C(=O)Oc2ccc(/C=C/C(=O)C(O)C(Cc3ccc(N)cc3)(Cc3ccc(N)cc3)C(O)C(=O)/C=C/c3ccc(OC(=O)C4CCC(CCCCCCC)CC4)cc3)cc2)CC1. The minimum atomic E-state index is -1.86. The number of nitrogens with two attached hydrogens (primary N) is 2. The number of hydrogen-bond acceptors (Lipinski definition) is 10. The van der Waals surface area contributed by atoms with Gasteiger partial charge in [-0.1, -0.05) is 152 Å². The Labute approximate surface area is 435 Å². The fraction of sp³-hybridized carbons (Fsp3) is 0.492. The van der Waals surface area contributed by atoms with Crippen LogP contribution in [0.2, 0.25) is 0 Å². The van der Waals surface area contributed by atoms with Crippen LogP contribution in [0, 0.1) is 29.1 Å². The monoisotopic (exact) mass is 995 g/mol. The van der Waals surface area contributed by atoms with E-state index in [1.54, 1.807) is 109 Å². The number of benzene rings is 4. The zero-order chi connectivity index (χ0) is 52.0. The van der Waals surface area contributed by atoms with E-state index in [1.165, 1.54) is 89.2 Å². The van der Waals surface area contributed by atoms with Gasteiger partial charge in [0, 0.05) is 16.8 Å². The maximum atomic E-state index is 14.2. The van der Waals surface area contributed by atoms with Gasteiger partial charge in [0.1, 0.15) is 23.7 Å². The Bertz CT molecular complexity index is 2210. The van der Waals surface area contributed by atoms with E-state index < -0.39 is 29.2 Å². The molecule has 10 nitrogen and oxygen atoms in total. The first kappa shape index (κ1) is 56.5. The number of nitrogen functional groups attached to an aromatic ring is 2. The van der Waals surface area contributed by atoms with E-state index in [0.717, 1.165) is 51.4 Å². The lowest BCUT2D eigenvalue weighted by molar-refractivity contribution is -0.146. The number of unbranched alkanes of at least 4 members (excludes halogenated alkanes) is 8. The molecule has 2 saturated carbocycles. The van der Waals surface area contributed by atoms with Gasteiger partial charge in [-0.05, 0) is 159 Å². The van der Waals surface area contributed by atoms with E-state index >= 15 is 0 Å². The summed E-state index contributed by atoms with van der Waals surface area (Å²) in [6.07, 6.45) is 24.6. The molecule has 0 spiro atoms. The molecule has 4 aromatic rings. The predicted molar refractivity (Wildman–Crippen MR) is 293 cm³/mol. The molecule has 392 valence electrons. The number of aliphatic hydroxyl groups is 2. The van der Waals surface area contributed by atoms with Crippen molar-refractivity contribution in [1.29, 1.82) is 0 Å². The standard InChI is InChI=1S/C63H82N2O8/c1-3-5-7-9-11-13-45-15-29-51(30-16-45)61(70)72-55-37-23-47(24-38-55)27-41-57(66)59(68)63(43-49-19-33-53(64)34-20-49,44-50-21-35-54(65)36-22-50)60(69)58(67)42-28-48-25-39-56(40-26-48)73-62(71)52-31-17-46(18-32-52)14-12-10-8-6-4-2/h19-28,33-42,45-46,51-52,59-60,68-69H,3-18,29-32,43-44,64-65H2,1-2H3/b41-27+,42-28+. The minimum Gasteiger partial charge on any atom is -0.426 e. The first-order chi connectivity index (χ1) is 35.3. The summed E-state index contributed by atoms with van der Waals surface area (Å²) in [5, 5.41) is 24.6. The van der Waals surface area contributed by atoms with E-state index in [-0.39, 0.29) is 36.6 Å². The van der Waals surface area contributed by atoms with Gasteiger partial charge in [0.25, 0.3) is 0 Å². The van der Waals surface area contributed by atoms with Crippen LogP contribution in [0.4, 0.5) is 11.4 Å². The van der Waals surface area contributed by atoms with Crippen LogP contribution in [0.15, 0.2) is 109 Å². The molecule has 6 N–H and O–H groups in total. The molecule has 2 fully saturated rings. The highest BCUT2D eigenvalue weighted by Gasteiger charge is 2.49. The molecule has 0 amide bonds. The minimum absolute atomic E-state index is 0.0688. The van der Waals surface area contributed by atoms with Crippen molar-refractivity contribution < 1.29 is 38.9 Å². The average molecular weight is 995 g/mol. The van der Waals surface area contributed by atoms with Crippen LogP contribution in [-0.4, -0.2) is 45.9 Å². The van der Waals surface area contributed by atoms with Crippen molar-refractivity contribution in [3.63, 3.8) is 0 Å². The maximum Gasteiger partial charge on any atom is 0.314 e. The van der Waals surface area contributed by atoms with Crippen LogP contribution in [0.25, 0.3) is 12.2 Å². The zero-order valence-corrected chi connectivity index (χ0v) is 43.6.